The molecule has 0 aliphatic heterocycles. The quantitative estimate of drug-likeness (QED) is 0.879. The molecule has 4 nitrogen and oxygen atoms in total. The zero-order valence-electron chi connectivity index (χ0n) is 10.6. The molecule has 20 heavy (non-hydrogen) atoms. The minimum absolute atomic E-state index is 0.0935. The molecule has 0 fully saturated rings. The third-order valence-corrected chi connectivity index (χ3v) is 2.98. The Labute approximate surface area is 120 Å². The highest BCUT2D eigenvalue weighted by molar-refractivity contribution is 6.31. The van der Waals surface area contributed by atoms with Crippen LogP contribution in [-0.2, 0) is 4.74 Å². The van der Waals surface area contributed by atoms with Crippen molar-refractivity contribution in [3.05, 3.63) is 58.6 Å². The molecule has 0 aromatic heterocycles. The van der Waals surface area contributed by atoms with E-state index in [1.165, 1.54) is 19.2 Å². The largest absolute Gasteiger partial charge is 0.478 e. The van der Waals surface area contributed by atoms with Gasteiger partial charge in [0.05, 0.1) is 18.2 Å². The van der Waals surface area contributed by atoms with Gasteiger partial charge in [0.1, 0.15) is 0 Å². The summed E-state index contributed by atoms with van der Waals surface area (Å²) in [6.07, 6.45) is 0. The van der Waals surface area contributed by atoms with Gasteiger partial charge in [-0.1, -0.05) is 23.7 Å². The minimum Gasteiger partial charge on any atom is -0.478 e. The van der Waals surface area contributed by atoms with E-state index >= 15 is 0 Å². The van der Waals surface area contributed by atoms with Crippen LogP contribution in [0.3, 0.4) is 0 Å². The van der Waals surface area contributed by atoms with Gasteiger partial charge in [-0.3, -0.25) is 0 Å². The van der Waals surface area contributed by atoms with Gasteiger partial charge >= 0.3 is 11.9 Å². The molecule has 0 heterocycles. The topological polar surface area (TPSA) is 63.6 Å². The van der Waals surface area contributed by atoms with Crippen LogP contribution < -0.4 is 0 Å². The molecular formula is C15H11ClO4. The van der Waals surface area contributed by atoms with Crippen molar-refractivity contribution in [2.75, 3.05) is 7.11 Å². The third-order valence-electron chi connectivity index (χ3n) is 2.76. The summed E-state index contributed by atoms with van der Waals surface area (Å²) >= 11 is 5.92. The van der Waals surface area contributed by atoms with Gasteiger partial charge < -0.3 is 9.84 Å². The van der Waals surface area contributed by atoms with Crippen molar-refractivity contribution in [3.8, 4) is 11.1 Å². The lowest BCUT2D eigenvalue weighted by atomic mass is 10.0. The fourth-order valence-corrected chi connectivity index (χ4v) is 2.06. The van der Waals surface area contributed by atoms with E-state index in [1.54, 1.807) is 30.3 Å². The molecule has 0 amide bonds. The zero-order valence-corrected chi connectivity index (χ0v) is 11.3. The summed E-state index contributed by atoms with van der Waals surface area (Å²) < 4.78 is 4.65. The highest BCUT2D eigenvalue weighted by Crippen LogP contribution is 2.26. The van der Waals surface area contributed by atoms with E-state index < -0.39 is 11.9 Å². The van der Waals surface area contributed by atoms with Gasteiger partial charge in [-0.25, -0.2) is 9.59 Å². The van der Waals surface area contributed by atoms with E-state index in [-0.39, 0.29) is 5.56 Å². The predicted molar refractivity (Wildman–Crippen MR) is 75.2 cm³/mol. The van der Waals surface area contributed by atoms with Crippen LogP contribution in [-0.4, -0.2) is 24.2 Å². The van der Waals surface area contributed by atoms with Crippen LogP contribution in [0.15, 0.2) is 42.5 Å². The van der Waals surface area contributed by atoms with Crippen LogP contribution in [0.5, 0.6) is 0 Å². The van der Waals surface area contributed by atoms with Gasteiger partial charge in [-0.15, -0.1) is 0 Å². The first-order valence-corrected chi connectivity index (χ1v) is 6.11. The third kappa shape index (κ3) is 2.97. The Morgan fingerprint density at radius 2 is 1.75 bits per heavy atom. The average Bonchev–Trinajstić information content (AvgIpc) is 2.45. The van der Waals surface area contributed by atoms with Crippen LogP contribution in [0.25, 0.3) is 11.1 Å². The summed E-state index contributed by atoms with van der Waals surface area (Å²) in [5.41, 5.74) is 1.80. The summed E-state index contributed by atoms with van der Waals surface area (Å²) in [5.74, 6) is -1.51. The molecular weight excluding hydrogens is 280 g/mol. The lowest BCUT2D eigenvalue weighted by Gasteiger charge is -2.06. The molecule has 0 bridgehead atoms. The summed E-state index contributed by atoms with van der Waals surface area (Å²) in [4.78, 5) is 22.5. The lowest BCUT2D eigenvalue weighted by molar-refractivity contribution is 0.0600. The molecule has 1 N–H and O–H groups in total. The number of hydrogen-bond donors (Lipinski definition) is 1. The van der Waals surface area contributed by atoms with E-state index in [9.17, 15) is 9.59 Å². The summed E-state index contributed by atoms with van der Waals surface area (Å²) in [6, 6.07) is 11.2. The van der Waals surface area contributed by atoms with E-state index in [0.29, 0.717) is 21.7 Å². The Hall–Kier alpha value is -2.33. The number of halogens is 1. The molecule has 0 unspecified atom stereocenters. The van der Waals surface area contributed by atoms with Gasteiger partial charge in [0.15, 0.2) is 0 Å². The van der Waals surface area contributed by atoms with Crippen molar-refractivity contribution in [1.29, 1.82) is 0 Å². The molecule has 2 aromatic carbocycles. The van der Waals surface area contributed by atoms with Gasteiger partial charge in [-0.05, 0) is 41.5 Å². The van der Waals surface area contributed by atoms with E-state index in [0.717, 1.165) is 0 Å². The van der Waals surface area contributed by atoms with Crippen LogP contribution in [0.1, 0.15) is 20.7 Å². The monoisotopic (exact) mass is 290 g/mol. The molecule has 0 aliphatic rings. The maximum Gasteiger partial charge on any atom is 0.337 e. The fraction of sp³-hybridized carbons (Fsp3) is 0.0667. The second-order valence-corrected chi connectivity index (χ2v) is 4.54. The van der Waals surface area contributed by atoms with E-state index in [2.05, 4.69) is 4.74 Å². The van der Waals surface area contributed by atoms with Crippen molar-refractivity contribution in [3.63, 3.8) is 0 Å². The first-order chi connectivity index (χ1) is 9.51. The molecule has 0 saturated heterocycles. The number of carboxylic acid groups (broad SMARTS) is 1. The normalized spacial score (nSPS) is 10.1. The fourth-order valence-electron chi connectivity index (χ4n) is 1.82. The van der Waals surface area contributed by atoms with Gasteiger partial charge in [0.25, 0.3) is 0 Å². The Morgan fingerprint density at radius 1 is 1.05 bits per heavy atom. The number of carbonyl (C=O) groups excluding carboxylic acids is 1. The Balaban J connectivity index is 2.51. The molecule has 0 aliphatic carbocycles. The maximum atomic E-state index is 11.5. The van der Waals surface area contributed by atoms with Gasteiger partial charge in [-0.2, -0.15) is 0 Å². The maximum absolute atomic E-state index is 11.5. The molecule has 2 aromatic rings. The Bertz CT molecular complexity index is 679. The number of benzene rings is 2. The predicted octanol–water partition coefficient (Wildman–Crippen LogP) is 3.49. The van der Waals surface area contributed by atoms with Gasteiger partial charge in [0, 0.05) is 5.02 Å². The van der Waals surface area contributed by atoms with E-state index in [1.807, 2.05) is 0 Å². The van der Waals surface area contributed by atoms with Gasteiger partial charge in [0.2, 0.25) is 0 Å². The zero-order chi connectivity index (χ0) is 14.7. The van der Waals surface area contributed by atoms with Crippen molar-refractivity contribution >= 4 is 23.5 Å². The number of aromatic carboxylic acids is 1. The van der Waals surface area contributed by atoms with Crippen LogP contribution >= 0.6 is 11.6 Å². The van der Waals surface area contributed by atoms with Crippen molar-refractivity contribution in [2.45, 2.75) is 0 Å². The average molecular weight is 291 g/mol. The molecule has 102 valence electrons. The Morgan fingerprint density at radius 3 is 2.40 bits per heavy atom. The number of ether oxygens (including phenoxy) is 1. The number of esters is 1. The second-order valence-electron chi connectivity index (χ2n) is 4.11. The number of hydrogen-bond acceptors (Lipinski definition) is 3. The van der Waals surface area contributed by atoms with Crippen LogP contribution in [0.4, 0.5) is 0 Å². The van der Waals surface area contributed by atoms with Crippen LogP contribution in [0.2, 0.25) is 5.02 Å². The lowest BCUT2D eigenvalue weighted by Crippen LogP contribution is -2.01. The smallest absolute Gasteiger partial charge is 0.337 e. The molecule has 2 rings (SSSR count). The number of carbonyl (C=O) groups is 2. The molecule has 0 saturated carbocycles. The summed E-state index contributed by atoms with van der Waals surface area (Å²) in [7, 11) is 1.30. The molecule has 0 spiro atoms. The highest BCUT2D eigenvalue weighted by atomic mass is 35.5. The summed E-state index contributed by atoms with van der Waals surface area (Å²) in [6.45, 7) is 0. The molecule has 0 radical (unpaired) electrons. The van der Waals surface area contributed by atoms with Crippen molar-refractivity contribution < 1.29 is 19.4 Å². The SMILES string of the molecule is COC(=O)c1cccc(-c2cc(Cl)cc(C(=O)O)c2)c1. The van der Waals surface area contributed by atoms with Crippen molar-refractivity contribution in [2.24, 2.45) is 0 Å². The minimum atomic E-state index is -1.06. The number of rotatable bonds is 3. The first kappa shape index (κ1) is 14.1. The summed E-state index contributed by atoms with van der Waals surface area (Å²) in [5, 5.41) is 9.35. The second kappa shape index (κ2) is 5.75. The Kier molecular flexibility index (Phi) is 4.05. The van der Waals surface area contributed by atoms with Crippen LogP contribution in [0, 0.1) is 0 Å². The first-order valence-electron chi connectivity index (χ1n) is 5.74. The highest BCUT2D eigenvalue weighted by Gasteiger charge is 2.10. The number of carboxylic acids is 1. The van der Waals surface area contributed by atoms with E-state index in [4.69, 9.17) is 16.7 Å². The van der Waals surface area contributed by atoms with Crippen molar-refractivity contribution in [1.82, 2.24) is 0 Å². The molecule has 5 heteroatoms. The molecule has 0 atom stereocenters. The number of methoxy groups -OCH3 is 1. The standard InChI is InChI=1S/C15H11ClO4/c1-20-15(19)10-4-2-3-9(5-10)11-6-12(14(17)18)8-13(16)7-11/h2-8H,1H3,(H,17,18).